The average Bonchev–Trinajstić information content (AvgIpc) is 2.73. The van der Waals surface area contributed by atoms with E-state index in [1.807, 2.05) is 6.20 Å². The molecule has 1 aliphatic carbocycles. The van der Waals surface area contributed by atoms with Gasteiger partial charge in [-0.1, -0.05) is 12.8 Å². The fraction of sp³-hybridized carbons (Fsp3) is 0.462. The van der Waals surface area contributed by atoms with E-state index in [0.29, 0.717) is 11.2 Å². The number of nitrogens with zero attached hydrogens (tertiary/aromatic N) is 3. The number of fused-ring (bicyclic) bond motifs is 3. The van der Waals surface area contributed by atoms with Crippen LogP contribution in [0.5, 0.6) is 0 Å². The number of hydrogen-bond donors (Lipinski definition) is 1. The van der Waals surface area contributed by atoms with Gasteiger partial charge in [-0.05, 0) is 31.2 Å². The number of hydrogen-bond acceptors (Lipinski definition) is 3. The number of aromatic nitrogens is 3. The molecule has 1 aliphatic rings. The Labute approximate surface area is 105 Å². The SMILES string of the molecule is NC(=O)c1cnn2c3c(cnc12)CCCCCC3. The zero-order valence-electron chi connectivity index (χ0n) is 10.2. The molecule has 1 amide bonds. The summed E-state index contributed by atoms with van der Waals surface area (Å²) in [5, 5.41) is 4.28. The van der Waals surface area contributed by atoms with Crippen molar-refractivity contribution in [2.24, 2.45) is 5.73 Å². The molecule has 0 spiro atoms. The summed E-state index contributed by atoms with van der Waals surface area (Å²) in [6.07, 6.45) is 10.3. The average molecular weight is 244 g/mol. The zero-order valence-corrected chi connectivity index (χ0v) is 10.2. The number of aryl methyl sites for hydroxylation is 2. The third kappa shape index (κ3) is 1.75. The molecule has 18 heavy (non-hydrogen) atoms. The van der Waals surface area contributed by atoms with Crippen LogP contribution >= 0.6 is 0 Å². The van der Waals surface area contributed by atoms with Crippen LogP contribution in [0.15, 0.2) is 12.4 Å². The van der Waals surface area contributed by atoms with E-state index >= 15 is 0 Å². The molecule has 0 aliphatic heterocycles. The van der Waals surface area contributed by atoms with Crippen LogP contribution in [0, 0.1) is 0 Å². The van der Waals surface area contributed by atoms with Gasteiger partial charge in [0.05, 0.1) is 6.20 Å². The molecule has 3 rings (SSSR count). The summed E-state index contributed by atoms with van der Waals surface area (Å²) in [5.41, 5.74) is 8.75. The van der Waals surface area contributed by atoms with Gasteiger partial charge in [0.15, 0.2) is 5.65 Å². The van der Waals surface area contributed by atoms with Crippen molar-refractivity contribution in [1.29, 1.82) is 0 Å². The van der Waals surface area contributed by atoms with Gasteiger partial charge >= 0.3 is 0 Å². The minimum atomic E-state index is -0.469. The number of nitrogens with two attached hydrogens (primary N) is 1. The smallest absolute Gasteiger partial charge is 0.254 e. The second kappa shape index (κ2) is 4.40. The summed E-state index contributed by atoms with van der Waals surface area (Å²) in [6.45, 7) is 0. The van der Waals surface area contributed by atoms with Crippen LogP contribution in [0.25, 0.3) is 5.65 Å². The molecule has 5 nitrogen and oxygen atoms in total. The molecule has 5 heteroatoms. The predicted molar refractivity (Wildman–Crippen MR) is 67.4 cm³/mol. The van der Waals surface area contributed by atoms with E-state index in [0.717, 1.165) is 19.3 Å². The molecule has 2 N–H and O–H groups in total. The Morgan fingerprint density at radius 3 is 2.72 bits per heavy atom. The Bertz CT molecular complexity index is 602. The van der Waals surface area contributed by atoms with E-state index < -0.39 is 5.91 Å². The summed E-state index contributed by atoms with van der Waals surface area (Å²) in [7, 11) is 0. The second-order valence-electron chi connectivity index (χ2n) is 4.80. The van der Waals surface area contributed by atoms with Gasteiger partial charge in [-0.3, -0.25) is 4.79 Å². The van der Waals surface area contributed by atoms with Crippen molar-refractivity contribution in [2.45, 2.75) is 38.5 Å². The fourth-order valence-corrected chi connectivity index (χ4v) is 2.62. The maximum absolute atomic E-state index is 11.3. The zero-order chi connectivity index (χ0) is 12.5. The van der Waals surface area contributed by atoms with Crippen molar-refractivity contribution in [3.63, 3.8) is 0 Å². The monoisotopic (exact) mass is 244 g/mol. The van der Waals surface area contributed by atoms with Crippen LogP contribution < -0.4 is 5.73 Å². The molecule has 2 aromatic heterocycles. The highest BCUT2D eigenvalue weighted by molar-refractivity contribution is 5.98. The van der Waals surface area contributed by atoms with E-state index in [1.165, 1.54) is 36.7 Å². The van der Waals surface area contributed by atoms with Crippen LogP contribution in [-0.2, 0) is 12.8 Å². The molecule has 0 fully saturated rings. The lowest BCUT2D eigenvalue weighted by Gasteiger charge is -2.14. The van der Waals surface area contributed by atoms with Crippen LogP contribution in [0.2, 0.25) is 0 Å². The van der Waals surface area contributed by atoms with Crippen LogP contribution in [0.1, 0.15) is 47.3 Å². The second-order valence-corrected chi connectivity index (χ2v) is 4.80. The summed E-state index contributed by atoms with van der Waals surface area (Å²) < 4.78 is 1.79. The molecule has 0 saturated carbocycles. The molecule has 2 heterocycles. The molecule has 2 aromatic rings. The molecule has 0 unspecified atom stereocenters. The van der Waals surface area contributed by atoms with Gasteiger partial charge in [-0.2, -0.15) is 5.10 Å². The maximum Gasteiger partial charge on any atom is 0.254 e. The van der Waals surface area contributed by atoms with Crippen LogP contribution in [-0.4, -0.2) is 20.5 Å². The first kappa shape index (κ1) is 11.2. The van der Waals surface area contributed by atoms with Crippen molar-refractivity contribution in [2.75, 3.05) is 0 Å². The quantitative estimate of drug-likeness (QED) is 0.825. The molecule has 0 bridgehead atoms. The Hall–Kier alpha value is -1.91. The topological polar surface area (TPSA) is 73.3 Å². The Morgan fingerprint density at radius 1 is 1.17 bits per heavy atom. The Balaban J connectivity index is 2.18. The lowest BCUT2D eigenvalue weighted by Crippen LogP contribution is -2.12. The van der Waals surface area contributed by atoms with Crippen molar-refractivity contribution in [3.8, 4) is 0 Å². The molecular weight excluding hydrogens is 228 g/mol. The number of carbonyl (C=O) groups is 1. The highest BCUT2D eigenvalue weighted by Crippen LogP contribution is 2.21. The first-order chi connectivity index (χ1) is 8.77. The minimum absolute atomic E-state index is 0.403. The van der Waals surface area contributed by atoms with Gasteiger partial charge in [0, 0.05) is 11.9 Å². The van der Waals surface area contributed by atoms with Crippen molar-refractivity contribution < 1.29 is 4.79 Å². The van der Waals surface area contributed by atoms with Crippen LogP contribution in [0.4, 0.5) is 0 Å². The molecule has 0 radical (unpaired) electrons. The normalized spacial score (nSPS) is 16.0. The largest absolute Gasteiger partial charge is 0.365 e. The van der Waals surface area contributed by atoms with E-state index in [1.54, 1.807) is 4.52 Å². The molecular formula is C13H16N4O. The van der Waals surface area contributed by atoms with E-state index in [9.17, 15) is 4.79 Å². The Morgan fingerprint density at radius 2 is 1.94 bits per heavy atom. The third-order valence-electron chi connectivity index (χ3n) is 3.59. The van der Waals surface area contributed by atoms with Gasteiger partial charge in [0.2, 0.25) is 0 Å². The number of amides is 1. The summed E-state index contributed by atoms with van der Waals surface area (Å²) in [4.78, 5) is 15.6. The fourth-order valence-electron chi connectivity index (χ4n) is 2.62. The van der Waals surface area contributed by atoms with E-state index in [2.05, 4.69) is 10.1 Å². The minimum Gasteiger partial charge on any atom is -0.365 e. The molecule has 94 valence electrons. The van der Waals surface area contributed by atoms with Crippen LogP contribution in [0.3, 0.4) is 0 Å². The maximum atomic E-state index is 11.3. The van der Waals surface area contributed by atoms with Gasteiger partial charge in [-0.25, -0.2) is 9.50 Å². The summed E-state index contributed by atoms with van der Waals surface area (Å²) in [6, 6.07) is 0. The Kier molecular flexibility index (Phi) is 2.74. The first-order valence-electron chi connectivity index (χ1n) is 6.41. The highest BCUT2D eigenvalue weighted by Gasteiger charge is 2.16. The van der Waals surface area contributed by atoms with Crippen molar-refractivity contribution in [1.82, 2.24) is 14.6 Å². The summed E-state index contributed by atoms with van der Waals surface area (Å²) in [5.74, 6) is -0.469. The van der Waals surface area contributed by atoms with E-state index in [4.69, 9.17) is 5.73 Å². The molecule has 0 atom stereocenters. The highest BCUT2D eigenvalue weighted by atomic mass is 16.1. The van der Waals surface area contributed by atoms with E-state index in [-0.39, 0.29) is 0 Å². The van der Waals surface area contributed by atoms with Crippen molar-refractivity contribution >= 4 is 11.6 Å². The van der Waals surface area contributed by atoms with Gasteiger partial charge < -0.3 is 5.73 Å². The third-order valence-corrected chi connectivity index (χ3v) is 3.59. The van der Waals surface area contributed by atoms with Gasteiger partial charge in [0.25, 0.3) is 5.91 Å². The predicted octanol–water partition coefficient (Wildman–Crippen LogP) is 1.49. The number of carbonyl (C=O) groups excluding carboxylic acids is 1. The number of rotatable bonds is 1. The molecule has 0 aromatic carbocycles. The number of primary amides is 1. The molecule has 0 saturated heterocycles. The lowest BCUT2D eigenvalue weighted by atomic mass is 9.98. The summed E-state index contributed by atoms with van der Waals surface area (Å²) >= 11 is 0. The standard InChI is InChI=1S/C13H16N4O/c14-12(18)10-8-16-17-11-6-4-2-1-3-5-9(11)7-15-13(10)17/h7-8H,1-6H2,(H2,14,18). The van der Waals surface area contributed by atoms with Gasteiger partial charge in [-0.15, -0.1) is 0 Å². The van der Waals surface area contributed by atoms with Gasteiger partial charge in [0.1, 0.15) is 5.56 Å². The first-order valence-corrected chi connectivity index (χ1v) is 6.41. The van der Waals surface area contributed by atoms with Crippen molar-refractivity contribution in [3.05, 3.63) is 29.2 Å². The lowest BCUT2D eigenvalue weighted by molar-refractivity contribution is 0.100.